The van der Waals surface area contributed by atoms with Gasteiger partial charge in [-0.05, 0) is 49.9 Å². The molecule has 3 aromatic rings. The van der Waals surface area contributed by atoms with Gasteiger partial charge in [-0.15, -0.1) is 0 Å². The van der Waals surface area contributed by atoms with E-state index in [2.05, 4.69) is 10.1 Å². The van der Waals surface area contributed by atoms with Gasteiger partial charge in [0.15, 0.2) is 5.82 Å². The second-order valence-electron chi connectivity index (χ2n) is 8.00. The first-order chi connectivity index (χ1) is 14.0. The summed E-state index contributed by atoms with van der Waals surface area (Å²) in [5.74, 6) is 0.648. The molecule has 0 unspecified atom stereocenters. The number of hydrogen-bond acceptors (Lipinski definition) is 5. The minimum atomic E-state index is -0.405. The Balaban J connectivity index is 1.52. The fraction of sp³-hybridized carbons (Fsp3) is 0.381. The van der Waals surface area contributed by atoms with Crippen LogP contribution >= 0.6 is 0 Å². The number of aromatic nitrogens is 3. The van der Waals surface area contributed by atoms with Gasteiger partial charge in [0.05, 0.1) is 0 Å². The lowest BCUT2D eigenvalue weighted by atomic mass is 9.92. The van der Waals surface area contributed by atoms with Crippen LogP contribution in [0.4, 0.5) is 15.9 Å². The minimum Gasteiger partial charge on any atom is -0.399 e. The molecule has 0 bridgehead atoms. The van der Waals surface area contributed by atoms with E-state index >= 15 is 0 Å². The van der Waals surface area contributed by atoms with Gasteiger partial charge in [-0.3, -0.25) is 4.79 Å². The molecule has 1 aromatic carbocycles. The van der Waals surface area contributed by atoms with Crippen molar-refractivity contribution in [3.63, 3.8) is 0 Å². The fourth-order valence-electron chi connectivity index (χ4n) is 4.32. The molecule has 1 saturated heterocycles. The number of benzene rings is 1. The highest BCUT2D eigenvalue weighted by atomic mass is 19.1. The molecule has 29 heavy (non-hydrogen) atoms. The zero-order valence-electron chi connectivity index (χ0n) is 16.0. The Kier molecular flexibility index (Phi) is 4.15. The summed E-state index contributed by atoms with van der Waals surface area (Å²) < 4.78 is 16.4. The summed E-state index contributed by atoms with van der Waals surface area (Å²) >= 11 is 0. The number of nitrogens with zero attached hydrogens (tertiary/aromatic N) is 4. The van der Waals surface area contributed by atoms with Gasteiger partial charge in [-0.1, -0.05) is 0 Å². The first-order valence-electron chi connectivity index (χ1n) is 9.99. The van der Waals surface area contributed by atoms with Crippen molar-refractivity contribution in [1.29, 1.82) is 0 Å². The lowest BCUT2D eigenvalue weighted by molar-refractivity contribution is -0.133. The zero-order valence-corrected chi connectivity index (χ0v) is 16.0. The molecule has 5 rings (SSSR count). The van der Waals surface area contributed by atoms with E-state index < -0.39 is 5.82 Å². The average molecular weight is 394 g/mol. The molecule has 150 valence electrons. The first kappa shape index (κ1) is 17.9. The van der Waals surface area contributed by atoms with Gasteiger partial charge in [0.2, 0.25) is 5.91 Å². The summed E-state index contributed by atoms with van der Waals surface area (Å²) in [6, 6.07) is 6.59. The largest absolute Gasteiger partial charge is 0.399 e. The van der Waals surface area contributed by atoms with Crippen LogP contribution in [0.2, 0.25) is 0 Å². The maximum absolute atomic E-state index is 14.7. The highest BCUT2D eigenvalue weighted by Gasteiger charge is 2.35. The summed E-state index contributed by atoms with van der Waals surface area (Å²) in [4.78, 5) is 18.4. The second-order valence-corrected chi connectivity index (χ2v) is 8.00. The molecule has 1 aliphatic heterocycles. The molecule has 1 amide bonds. The zero-order chi connectivity index (χ0) is 20.1. The monoisotopic (exact) mass is 394 g/mol. The molecule has 0 radical (unpaired) electrons. The number of anilines is 2. The Bertz CT molecular complexity index is 1100. The van der Waals surface area contributed by atoms with Crippen molar-refractivity contribution >= 4 is 22.9 Å². The van der Waals surface area contributed by atoms with Gasteiger partial charge < -0.3 is 16.4 Å². The number of piperidine rings is 1. The van der Waals surface area contributed by atoms with Crippen molar-refractivity contribution in [1.82, 2.24) is 19.5 Å². The van der Waals surface area contributed by atoms with Crippen LogP contribution in [0.15, 0.2) is 30.6 Å². The van der Waals surface area contributed by atoms with Crippen LogP contribution in [0.5, 0.6) is 0 Å². The van der Waals surface area contributed by atoms with E-state index in [1.807, 2.05) is 11.0 Å². The van der Waals surface area contributed by atoms with E-state index in [0.717, 1.165) is 44.5 Å². The Labute approximate surface area is 167 Å². The average Bonchev–Trinajstić information content (AvgIpc) is 3.49. The van der Waals surface area contributed by atoms with Crippen molar-refractivity contribution in [2.45, 2.75) is 31.6 Å². The van der Waals surface area contributed by atoms with Gasteiger partial charge >= 0.3 is 0 Å². The van der Waals surface area contributed by atoms with E-state index in [9.17, 15) is 9.18 Å². The molecule has 8 heteroatoms. The van der Waals surface area contributed by atoms with Crippen LogP contribution in [0.3, 0.4) is 0 Å². The van der Waals surface area contributed by atoms with Crippen LogP contribution in [0.1, 0.15) is 37.3 Å². The second kappa shape index (κ2) is 6.72. The van der Waals surface area contributed by atoms with Crippen molar-refractivity contribution in [2.75, 3.05) is 24.6 Å². The van der Waals surface area contributed by atoms with Crippen LogP contribution in [0.25, 0.3) is 16.6 Å². The van der Waals surface area contributed by atoms with E-state index in [0.29, 0.717) is 34.1 Å². The summed E-state index contributed by atoms with van der Waals surface area (Å²) in [6.45, 7) is 1.47. The number of halogens is 1. The van der Waals surface area contributed by atoms with E-state index in [-0.39, 0.29) is 11.8 Å². The number of carbonyl (C=O) groups is 1. The number of fused-ring (bicyclic) bond motifs is 1. The van der Waals surface area contributed by atoms with E-state index in [1.165, 1.54) is 12.4 Å². The van der Waals surface area contributed by atoms with Crippen LogP contribution in [-0.4, -0.2) is 38.5 Å². The lowest BCUT2D eigenvalue weighted by Crippen LogP contribution is -2.39. The van der Waals surface area contributed by atoms with Crippen molar-refractivity contribution in [3.8, 4) is 11.1 Å². The highest BCUT2D eigenvalue weighted by Crippen LogP contribution is 2.39. The third-order valence-electron chi connectivity index (χ3n) is 6.05. The molecule has 2 fully saturated rings. The Morgan fingerprint density at radius 3 is 2.52 bits per heavy atom. The number of hydrogen-bond donors (Lipinski definition) is 2. The third kappa shape index (κ3) is 3.08. The van der Waals surface area contributed by atoms with Crippen LogP contribution < -0.4 is 11.5 Å². The molecular formula is C21H23FN6O. The molecular weight excluding hydrogens is 371 g/mol. The van der Waals surface area contributed by atoms with Crippen molar-refractivity contribution < 1.29 is 9.18 Å². The van der Waals surface area contributed by atoms with E-state index in [1.54, 1.807) is 16.6 Å². The summed E-state index contributed by atoms with van der Waals surface area (Å²) in [6.07, 6.45) is 5.15. The third-order valence-corrected chi connectivity index (χ3v) is 6.05. The number of rotatable bonds is 3. The number of nitrogens with two attached hydrogens (primary N) is 2. The molecule has 4 N–H and O–H groups in total. The van der Waals surface area contributed by atoms with Crippen molar-refractivity contribution in [3.05, 3.63) is 42.1 Å². The van der Waals surface area contributed by atoms with Crippen LogP contribution in [-0.2, 0) is 4.79 Å². The predicted octanol–water partition coefficient (Wildman–Crippen LogP) is 2.82. The van der Waals surface area contributed by atoms with Crippen LogP contribution in [0, 0.1) is 11.7 Å². The lowest BCUT2D eigenvalue weighted by Gasteiger charge is -2.32. The smallest absolute Gasteiger partial charge is 0.225 e. The minimum absolute atomic E-state index is 0.214. The van der Waals surface area contributed by atoms with Gasteiger partial charge in [0, 0.05) is 47.4 Å². The number of likely N-dealkylation sites (tertiary alicyclic amines) is 1. The molecule has 3 heterocycles. The number of nitrogen functional groups attached to an aromatic ring is 2. The standard InChI is InChI=1S/C21H23FN6O/c22-17-9-14(23)3-4-15(17)16-10-18(28-19(16)20(24)25-11-26-28)12-5-7-27(8-6-12)21(29)13-1-2-13/h3-4,9-13H,1-2,5-8,23H2,(H2,24,25,26). The molecule has 1 saturated carbocycles. The van der Waals surface area contributed by atoms with Gasteiger partial charge in [-0.25, -0.2) is 13.9 Å². The maximum atomic E-state index is 14.7. The SMILES string of the molecule is Nc1ccc(-c2cc(C3CCN(C(=O)C4CC4)CC3)n3ncnc(N)c23)c(F)c1. The molecule has 0 spiro atoms. The summed E-state index contributed by atoms with van der Waals surface area (Å²) in [5, 5.41) is 4.40. The highest BCUT2D eigenvalue weighted by molar-refractivity contribution is 5.89. The molecule has 7 nitrogen and oxygen atoms in total. The molecule has 2 aliphatic rings. The fourth-order valence-corrected chi connectivity index (χ4v) is 4.32. The first-order valence-corrected chi connectivity index (χ1v) is 9.99. The molecule has 0 atom stereocenters. The molecule has 2 aromatic heterocycles. The maximum Gasteiger partial charge on any atom is 0.225 e. The summed E-state index contributed by atoms with van der Waals surface area (Å²) in [5.41, 5.74) is 14.9. The Morgan fingerprint density at radius 1 is 1.07 bits per heavy atom. The topological polar surface area (TPSA) is 103 Å². The number of amides is 1. The van der Waals surface area contributed by atoms with Gasteiger partial charge in [0.25, 0.3) is 0 Å². The van der Waals surface area contributed by atoms with E-state index in [4.69, 9.17) is 11.5 Å². The number of carbonyl (C=O) groups excluding carboxylic acids is 1. The van der Waals surface area contributed by atoms with Gasteiger partial charge in [-0.2, -0.15) is 5.10 Å². The predicted molar refractivity (Wildman–Crippen MR) is 108 cm³/mol. The van der Waals surface area contributed by atoms with Gasteiger partial charge in [0.1, 0.15) is 17.7 Å². The Morgan fingerprint density at radius 2 is 1.83 bits per heavy atom. The molecule has 1 aliphatic carbocycles. The summed E-state index contributed by atoms with van der Waals surface area (Å²) in [7, 11) is 0. The van der Waals surface area contributed by atoms with Crippen molar-refractivity contribution in [2.24, 2.45) is 5.92 Å². The quantitative estimate of drug-likeness (QED) is 0.665. The normalized spacial score (nSPS) is 17.8. The Hall–Kier alpha value is -3.16.